The number of hydrogen-bond donors (Lipinski definition) is 1. The summed E-state index contributed by atoms with van der Waals surface area (Å²) in [7, 11) is 0. The first-order chi connectivity index (χ1) is 16.2. The Morgan fingerprint density at radius 2 is 1.82 bits per heavy atom. The Bertz CT molecular complexity index is 1200. The lowest BCUT2D eigenvalue weighted by atomic mass is 10.1. The van der Waals surface area contributed by atoms with Gasteiger partial charge in [0.25, 0.3) is 5.91 Å². The molecule has 0 fully saturated rings. The number of benzene rings is 2. The zero-order valence-electron chi connectivity index (χ0n) is 18.0. The number of amides is 1. The van der Waals surface area contributed by atoms with Crippen molar-refractivity contribution < 1.29 is 22.7 Å². The Hall–Kier alpha value is -3.72. The third kappa shape index (κ3) is 5.79. The standard InChI is InChI=1S/C24H20ClF3N4O2/c1-16-13-32(20-6-8-21(9-7-20)34-24(26,27)28)15-31(16)14-18-10-11-29-12-22(18)30-23(33)17-2-4-19(25)5-3-17/h2-13H,14-15H2,1H3,(H,30,33). The number of anilines is 2. The lowest BCUT2D eigenvalue weighted by Crippen LogP contribution is -2.26. The first kappa shape index (κ1) is 23.4. The molecule has 0 atom stereocenters. The zero-order chi connectivity index (χ0) is 24.3. The summed E-state index contributed by atoms with van der Waals surface area (Å²) in [5.74, 6) is -0.548. The molecule has 1 aliphatic rings. The van der Waals surface area contributed by atoms with Gasteiger partial charge in [-0.15, -0.1) is 13.2 Å². The van der Waals surface area contributed by atoms with Gasteiger partial charge in [-0.2, -0.15) is 0 Å². The molecule has 176 valence electrons. The Morgan fingerprint density at radius 1 is 1.12 bits per heavy atom. The molecule has 0 aliphatic carbocycles. The average molecular weight is 489 g/mol. The molecule has 0 unspecified atom stereocenters. The lowest BCUT2D eigenvalue weighted by Gasteiger charge is -2.24. The third-order valence-electron chi connectivity index (χ3n) is 5.19. The van der Waals surface area contributed by atoms with Crippen molar-refractivity contribution >= 4 is 28.9 Å². The van der Waals surface area contributed by atoms with Crippen molar-refractivity contribution in [3.05, 3.63) is 95.0 Å². The largest absolute Gasteiger partial charge is 0.573 e. The number of allylic oxidation sites excluding steroid dienone is 1. The van der Waals surface area contributed by atoms with Crippen molar-refractivity contribution in [1.82, 2.24) is 9.88 Å². The normalized spacial score (nSPS) is 13.6. The van der Waals surface area contributed by atoms with Crippen molar-refractivity contribution in [2.45, 2.75) is 19.8 Å². The summed E-state index contributed by atoms with van der Waals surface area (Å²) in [6.07, 6.45) is 0.426. The molecule has 3 aromatic rings. The maximum Gasteiger partial charge on any atom is 0.573 e. The molecular weight excluding hydrogens is 469 g/mol. The number of carbonyl (C=O) groups excluding carboxylic acids is 1. The Morgan fingerprint density at radius 3 is 2.50 bits per heavy atom. The summed E-state index contributed by atoms with van der Waals surface area (Å²) >= 11 is 5.89. The van der Waals surface area contributed by atoms with Crippen LogP contribution in [0.25, 0.3) is 0 Å². The summed E-state index contributed by atoms with van der Waals surface area (Å²) in [4.78, 5) is 20.8. The van der Waals surface area contributed by atoms with Gasteiger partial charge >= 0.3 is 6.36 Å². The molecule has 0 radical (unpaired) electrons. The van der Waals surface area contributed by atoms with E-state index in [4.69, 9.17) is 11.6 Å². The van der Waals surface area contributed by atoms with Gasteiger partial charge in [0.15, 0.2) is 0 Å². The molecule has 0 spiro atoms. The Balaban J connectivity index is 1.43. The average Bonchev–Trinajstić information content (AvgIpc) is 3.15. The number of hydrogen-bond acceptors (Lipinski definition) is 5. The van der Waals surface area contributed by atoms with E-state index >= 15 is 0 Å². The predicted molar refractivity (Wildman–Crippen MR) is 123 cm³/mol. The summed E-state index contributed by atoms with van der Waals surface area (Å²) in [5, 5.41) is 3.44. The summed E-state index contributed by atoms with van der Waals surface area (Å²) in [5.41, 5.74) is 3.61. The van der Waals surface area contributed by atoms with E-state index in [-0.39, 0.29) is 11.7 Å². The Labute approximate surface area is 199 Å². The monoisotopic (exact) mass is 488 g/mol. The SMILES string of the molecule is CC1=CN(c2ccc(OC(F)(F)F)cc2)CN1Cc1ccncc1NC(=O)c1ccc(Cl)cc1. The topological polar surface area (TPSA) is 57.7 Å². The maximum absolute atomic E-state index is 12.6. The van der Waals surface area contributed by atoms with E-state index in [1.807, 2.05) is 24.1 Å². The number of carbonyl (C=O) groups is 1. The smallest absolute Gasteiger partial charge is 0.406 e. The van der Waals surface area contributed by atoms with Gasteiger partial charge in [0, 0.05) is 40.9 Å². The fourth-order valence-electron chi connectivity index (χ4n) is 3.49. The van der Waals surface area contributed by atoms with Gasteiger partial charge < -0.3 is 19.9 Å². The highest BCUT2D eigenvalue weighted by Gasteiger charge is 2.31. The van der Waals surface area contributed by atoms with Gasteiger partial charge in [-0.25, -0.2) is 0 Å². The van der Waals surface area contributed by atoms with Crippen LogP contribution in [0.1, 0.15) is 22.8 Å². The van der Waals surface area contributed by atoms with Crippen molar-refractivity contribution in [2.24, 2.45) is 0 Å². The highest BCUT2D eigenvalue weighted by atomic mass is 35.5. The molecule has 1 aliphatic heterocycles. The van der Waals surface area contributed by atoms with Crippen molar-refractivity contribution in [1.29, 1.82) is 0 Å². The summed E-state index contributed by atoms with van der Waals surface area (Å²) in [6, 6.07) is 14.1. The van der Waals surface area contributed by atoms with Crippen LogP contribution in [0.15, 0.2) is 78.9 Å². The lowest BCUT2D eigenvalue weighted by molar-refractivity contribution is -0.274. The van der Waals surface area contributed by atoms with Gasteiger partial charge in [0.05, 0.1) is 18.6 Å². The molecule has 1 amide bonds. The Kier molecular flexibility index (Phi) is 6.65. The first-order valence-corrected chi connectivity index (χ1v) is 10.6. The molecular formula is C24H20ClF3N4O2. The molecule has 4 rings (SSSR count). The van der Waals surface area contributed by atoms with Gasteiger partial charge in [0.1, 0.15) is 5.75 Å². The van der Waals surface area contributed by atoms with Gasteiger partial charge in [0.2, 0.25) is 0 Å². The number of nitrogens with zero attached hydrogens (tertiary/aromatic N) is 3. The molecule has 10 heteroatoms. The number of pyridine rings is 1. The minimum Gasteiger partial charge on any atom is -0.406 e. The van der Waals surface area contributed by atoms with Crippen LogP contribution in [-0.2, 0) is 6.54 Å². The minimum atomic E-state index is -4.73. The molecule has 6 nitrogen and oxygen atoms in total. The van der Waals surface area contributed by atoms with Gasteiger partial charge in [-0.1, -0.05) is 11.6 Å². The molecule has 0 saturated carbocycles. The van der Waals surface area contributed by atoms with E-state index in [9.17, 15) is 18.0 Å². The fourth-order valence-corrected chi connectivity index (χ4v) is 3.61. The quantitative estimate of drug-likeness (QED) is 0.459. The van der Waals surface area contributed by atoms with Crippen LogP contribution < -0.4 is 15.0 Å². The number of alkyl halides is 3. The molecule has 0 saturated heterocycles. The second-order valence-electron chi connectivity index (χ2n) is 7.62. The second-order valence-corrected chi connectivity index (χ2v) is 8.05. The predicted octanol–water partition coefficient (Wildman–Crippen LogP) is 6.03. The molecule has 1 aromatic heterocycles. The van der Waals surface area contributed by atoms with Crippen molar-refractivity contribution in [3.8, 4) is 5.75 Å². The van der Waals surface area contributed by atoms with Crippen molar-refractivity contribution in [2.75, 3.05) is 16.9 Å². The van der Waals surface area contributed by atoms with Crippen molar-refractivity contribution in [3.63, 3.8) is 0 Å². The molecule has 1 N–H and O–H groups in total. The highest BCUT2D eigenvalue weighted by molar-refractivity contribution is 6.30. The van der Waals surface area contributed by atoms with Crippen LogP contribution in [0.5, 0.6) is 5.75 Å². The minimum absolute atomic E-state index is 0.272. The number of nitrogens with one attached hydrogen (secondary N) is 1. The van der Waals surface area contributed by atoms with E-state index < -0.39 is 6.36 Å². The highest BCUT2D eigenvalue weighted by Crippen LogP contribution is 2.29. The van der Waals surface area contributed by atoms with E-state index in [2.05, 4.69) is 19.9 Å². The molecule has 2 aromatic carbocycles. The van der Waals surface area contributed by atoms with Gasteiger partial charge in [-0.05, 0) is 67.1 Å². The maximum atomic E-state index is 12.6. The van der Waals surface area contributed by atoms with Crippen LogP contribution in [0, 0.1) is 0 Å². The zero-order valence-corrected chi connectivity index (χ0v) is 18.8. The molecule has 2 heterocycles. The fraction of sp³-hybridized carbons (Fsp3) is 0.167. The second kappa shape index (κ2) is 9.64. The van der Waals surface area contributed by atoms with Crippen LogP contribution in [-0.4, -0.2) is 28.8 Å². The number of rotatable bonds is 6. The first-order valence-electron chi connectivity index (χ1n) is 10.2. The third-order valence-corrected chi connectivity index (χ3v) is 5.45. The number of aromatic nitrogens is 1. The number of halogens is 4. The van der Waals surface area contributed by atoms with E-state index in [0.717, 1.165) is 16.9 Å². The van der Waals surface area contributed by atoms with E-state index in [1.165, 1.54) is 12.1 Å². The van der Waals surface area contributed by atoms with E-state index in [1.54, 1.807) is 48.8 Å². The molecule has 0 bridgehead atoms. The van der Waals surface area contributed by atoms with Crippen LogP contribution in [0.2, 0.25) is 5.02 Å². The van der Waals surface area contributed by atoms with Crippen LogP contribution in [0.4, 0.5) is 24.5 Å². The van der Waals surface area contributed by atoms with Crippen LogP contribution >= 0.6 is 11.6 Å². The summed E-state index contributed by atoms with van der Waals surface area (Å²) in [6.45, 7) is 2.92. The van der Waals surface area contributed by atoms with E-state index in [0.29, 0.717) is 29.5 Å². The summed E-state index contributed by atoms with van der Waals surface area (Å²) < 4.78 is 41.1. The van der Waals surface area contributed by atoms with Crippen LogP contribution in [0.3, 0.4) is 0 Å². The molecule has 34 heavy (non-hydrogen) atoms. The van der Waals surface area contributed by atoms with Gasteiger partial charge in [-0.3, -0.25) is 9.78 Å². The number of ether oxygens (including phenoxy) is 1.